The zero-order chi connectivity index (χ0) is 15.2. The van der Waals surface area contributed by atoms with Gasteiger partial charge in [-0.2, -0.15) is 0 Å². The van der Waals surface area contributed by atoms with Crippen LogP contribution in [0.25, 0.3) is 10.9 Å². The fourth-order valence-corrected chi connectivity index (χ4v) is 2.49. The molecule has 0 aliphatic carbocycles. The van der Waals surface area contributed by atoms with Crippen molar-refractivity contribution in [2.75, 3.05) is 32.8 Å². The van der Waals surface area contributed by atoms with Crippen molar-refractivity contribution in [2.24, 2.45) is 10.9 Å². The molecule has 1 saturated heterocycles. The minimum absolute atomic E-state index is 0.359. The molecule has 0 radical (unpaired) electrons. The molecule has 116 valence electrons. The molecule has 1 aromatic heterocycles. The molecule has 0 spiro atoms. The van der Waals surface area contributed by atoms with Crippen molar-refractivity contribution >= 4 is 16.7 Å². The molecule has 2 heterocycles. The average molecular weight is 300 g/mol. The third-order valence-electron chi connectivity index (χ3n) is 3.61. The molecule has 6 nitrogen and oxygen atoms in total. The second kappa shape index (κ2) is 7.20. The van der Waals surface area contributed by atoms with E-state index in [9.17, 15) is 0 Å². The average Bonchev–Trinajstić information content (AvgIpc) is 2.56. The van der Waals surface area contributed by atoms with Gasteiger partial charge in [0.05, 0.1) is 25.3 Å². The van der Waals surface area contributed by atoms with Crippen molar-refractivity contribution in [2.45, 2.75) is 6.61 Å². The first kappa shape index (κ1) is 14.7. The number of oxime groups is 1. The van der Waals surface area contributed by atoms with Crippen molar-refractivity contribution in [3.63, 3.8) is 0 Å². The Hall–Kier alpha value is -2.18. The second-order valence-corrected chi connectivity index (χ2v) is 5.24. The van der Waals surface area contributed by atoms with E-state index in [0.717, 1.165) is 42.8 Å². The number of aromatic nitrogens is 1. The lowest BCUT2D eigenvalue weighted by Crippen LogP contribution is -2.41. The zero-order valence-electron chi connectivity index (χ0n) is 12.4. The molecule has 0 saturated carbocycles. The van der Waals surface area contributed by atoms with E-state index in [2.05, 4.69) is 15.0 Å². The Kier molecular flexibility index (Phi) is 4.82. The van der Waals surface area contributed by atoms with E-state index in [1.807, 2.05) is 30.3 Å². The first-order chi connectivity index (χ1) is 10.8. The number of nitrogens with two attached hydrogens (primary N) is 1. The monoisotopic (exact) mass is 300 g/mol. The molecule has 22 heavy (non-hydrogen) atoms. The van der Waals surface area contributed by atoms with Crippen LogP contribution in [0.3, 0.4) is 0 Å². The van der Waals surface area contributed by atoms with Crippen molar-refractivity contribution < 1.29 is 9.57 Å². The predicted octanol–water partition coefficient (Wildman–Crippen LogP) is 1.36. The van der Waals surface area contributed by atoms with Crippen LogP contribution in [0.1, 0.15) is 5.56 Å². The molecule has 2 aromatic rings. The molecule has 2 N–H and O–H groups in total. The van der Waals surface area contributed by atoms with Gasteiger partial charge in [-0.05, 0) is 6.07 Å². The molecule has 3 rings (SSSR count). The number of hydrogen-bond acceptors (Lipinski definition) is 5. The summed E-state index contributed by atoms with van der Waals surface area (Å²) in [5, 5.41) is 5.10. The van der Waals surface area contributed by atoms with Gasteiger partial charge < -0.3 is 15.3 Å². The summed E-state index contributed by atoms with van der Waals surface area (Å²) in [4.78, 5) is 12.0. The highest BCUT2D eigenvalue weighted by Crippen LogP contribution is 2.16. The van der Waals surface area contributed by atoms with Gasteiger partial charge in [0.2, 0.25) is 0 Å². The fourth-order valence-electron chi connectivity index (χ4n) is 2.49. The summed E-state index contributed by atoms with van der Waals surface area (Å²) < 4.78 is 5.30. The highest BCUT2D eigenvalue weighted by Gasteiger charge is 2.11. The summed E-state index contributed by atoms with van der Waals surface area (Å²) in [6.45, 7) is 4.22. The summed E-state index contributed by atoms with van der Waals surface area (Å²) in [6.07, 6.45) is 1.78. The molecule has 0 amide bonds. The Bertz CT molecular complexity index is 648. The van der Waals surface area contributed by atoms with Gasteiger partial charge in [-0.15, -0.1) is 0 Å². The van der Waals surface area contributed by atoms with Crippen LogP contribution in [0.2, 0.25) is 0 Å². The largest absolute Gasteiger partial charge is 0.389 e. The van der Waals surface area contributed by atoms with Gasteiger partial charge >= 0.3 is 0 Å². The van der Waals surface area contributed by atoms with Gasteiger partial charge in [0.15, 0.2) is 5.84 Å². The van der Waals surface area contributed by atoms with Gasteiger partial charge in [-0.3, -0.25) is 9.88 Å². The summed E-state index contributed by atoms with van der Waals surface area (Å²) in [7, 11) is 0. The lowest BCUT2D eigenvalue weighted by atomic mass is 10.1. The van der Waals surface area contributed by atoms with E-state index in [4.69, 9.17) is 15.3 Å². The maximum Gasteiger partial charge on any atom is 0.153 e. The lowest BCUT2D eigenvalue weighted by Gasteiger charge is -2.25. The molecule has 1 fully saturated rings. The predicted molar refractivity (Wildman–Crippen MR) is 85.4 cm³/mol. The van der Waals surface area contributed by atoms with Gasteiger partial charge in [0.1, 0.15) is 6.61 Å². The molecule has 1 aromatic carbocycles. The van der Waals surface area contributed by atoms with Crippen LogP contribution in [0, 0.1) is 0 Å². The number of fused-ring (bicyclic) bond motifs is 1. The second-order valence-electron chi connectivity index (χ2n) is 5.24. The van der Waals surface area contributed by atoms with Gasteiger partial charge in [0.25, 0.3) is 0 Å². The smallest absolute Gasteiger partial charge is 0.153 e. The first-order valence-electron chi connectivity index (χ1n) is 7.40. The van der Waals surface area contributed by atoms with E-state index < -0.39 is 0 Å². The number of rotatable bonds is 5. The summed E-state index contributed by atoms with van der Waals surface area (Å²) in [5.41, 5.74) is 7.85. The van der Waals surface area contributed by atoms with Crippen LogP contribution in [0.15, 0.2) is 41.7 Å². The van der Waals surface area contributed by atoms with Gasteiger partial charge in [-0.1, -0.05) is 29.4 Å². The number of amidine groups is 1. The molecule has 1 aliphatic rings. The van der Waals surface area contributed by atoms with Gasteiger partial charge in [-0.25, -0.2) is 0 Å². The zero-order valence-corrected chi connectivity index (χ0v) is 12.4. The first-order valence-corrected chi connectivity index (χ1v) is 7.40. The quantitative estimate of drug-likeness (QED) is 0.513. The van der Waals surface area contributed by atoms with Gasteiger partial charge in [0, 0.05) is 30.2 Å². The third-order valence-corrected chi connectivity index (χ3v) is 3.61. The normalized spacial score (nSPS) is 16.8. The Morgan fingerprint density at radius 1 is 1.27 bits per heavy atom. The van der Waals surface area contributed by atoms with Crippen molar-refractivity contribution in [3.05, 3.63) is 42.1 Å². The van der Waals surface area contributed by atoms with Crippen molar-refractivity contribution in [3.8, 4) is 0 Å². The van der Waals surface area contributed by atoms with Crippen LogP contribution in [0.5, 0.6) is 0 Å². The summed E-state index contributed by atoms with van der Waals surface area (Å²) in [5.74, 6) is 0.482. The molecule has 6 heteroatoms. The minimum Gasteiger partial charge on any atom is -0.389 e. The molecular formula is C16H20N4O2. The van der Waals surface area contributed by atoms with Crippen LogP contribution < -0.4 is 5.73 Å². The van der Waals surface area contributed by atoms with Crippen LogP contribution in [0.4, 0.5) is 0 Å². The topological polar surface area (TPSA) is 73.0 Å². The summed E-state index contributed by atoms with van der Waals surface area (Å²) in [6, 6.07) is 9.96. The molecular weight excluding hydrogens is 280 g/mol. The van der Waals surface area contributed by atoms with E-state index in [-0.39, 0.29) is 0 Å². The van der Waals surface area contributed by atoms with Crippen LogP contribution >= 0.6 is 0 Å². The number of pyridine rings is 1. The number of ether oxygens (including phenoxy) is 1. The number of benzene rings is 1. The maximum atomic E-state index is 5.91. The fraction of sp³-hybridized carbons (Fsp3) is 0.375. The summed E-state index contributed by atoms with van der Waals surface area (Å²) >= 11 is 0. The molecule has 0 atom stereocenters. The van der Waals surface area contributed by atoms with E-state index in [1.54, 1.807) is 6.20 Å². The molecule has 0 unspecified atom stereocenters. The Morgan fingerprint density at radius 3 is 2.95 bits per heavy atom. The maximum absolute atomic E-state index is 5.91. The number of hydrogen-bond donors (Lipinski definition) is 1. The highest BCUT2D eigenvalue weighted by atomic mass is 16.6. The van der Waals surface area contributed by atoms with E-state index in [1.165, 1.54) is 0 Å². The number of nitrogens with zero attached hydrogens (tertiary/aromatic N) is 3. The minimum atomic E-state index is 0.359. The Labute approximate surface area is 129 Å². The Morgan fingerprint density at radius 2 is 2.09 bits per heavy atom. The third kappa shape index (κ3) is 3.72. The van der Waals surface area contributed by atoms with Crippen LogP contribution in [-0.2, 0) is 16.2 Å². The molecule has 0 bridgehead atoms. The van der Waals surface area contributed by atoms with Crippen molar-refractivity contribution in [1.82, 2.24) is 9.88 Å². The number of morpholine rings is 1. The van der Waals surface area contributed by atoms with E-state index in [0.29, 0.717) is 19.0 Å². The lowest BCUT2D eigenvalue weighted by molar-refractivity contribution is 0.0443. The number of para-hydroxylation sites is 1. The van der Waals surface area contributed by atoms with Crippen molar-refractivity contribution in [1.29, 1.82) is 0 Å². The van der Waals surface area contributed by atoms with E-state index >= 15 is 0 Å². The highest BCUT2D eigenvalue weighted by molar-refractivity contribution is 5.82. The Balaban J connectivity index is 1.58. The molecule has 1 aliphatic heterocycles. The standard InChI is InChI=1S/C16H20N4O2/c17-15(11-20-7-9-21-10-8-20)19-22-12-14-4-1-3-13-5-2-6-18-16(13)14/h1-6H,7-12H2,(H2,17,19). The van der Waals surface area contributed by atoms with Crippen LogP contribution in [-0.4, -0.2) is 48.6 Å². The SMILES string of the molecule is NC(CN1CCOCC1)=NOCc1cccc2cccnc12.